The zero-order chi connectivity index (χ0) is 13.1. The second-order valence-corrected chi connectivity index (χ2v) is 4.64. The number of halogens is 1. The Labute approximate surface area is 112 Å². The van der Waals surface area contributed by atoms with Crippen molar-refractivity contribution in [3.8, 4) is 0 Å². The Kier molecular flexibility index (Phi) is 4.27. The number of nitrogens with two attached hydrogens (primary N) is 1. The fourth-order valence-corrected chi connectivity index (χ4v) is 2.30. The van der Waals surface area contributed by atoms with Crippen molar-refractivity contribution >= 4 is 22.6 Å². The Morgan fingerprint density at radius 3 is 2.78 bits per heavy atom. The van der Waals surface area contributed by atoms with Gasteiger partial charge in [-0.3, -0.25) is 0 Å². The molecule has 0 aliphatic rings. The van der Waals surface area contributed by atoms with E-state index in [1.807, 2.05) is 31.2 Å². The minimum atomic E-state index is -0.265. The van der Waals surface area contributed by atoms with Crippen LogP contribution in [0.4, 0.5) is 0 Å². The van der Waals surface area contributed by atoms with E-state index in [4.69, 9.17) is 26.5 Å². The predicted molar refractivity (Wildman–Crippen MR) is 73.9 cm³/mol. The average Bonchev–Trinajstić information content (AvgIpc) is 2.80. The Balaban J connectivity index is 2.32. The molecule has 1 aromatic heterocycles. The fraction of sp³-hybridized carbons (Fsp3) is 0.429. The highest BCUT2D eigenvalue weighted by atomic mass is 35.5. The van der Waals surface area contributed by atoms with E-state index in [2.05, 4.69) is 6.92 Å². The maximum atomic E-state index is 6.19. The summed E-state index contributed by atoms with van der Waals surface area (Å²) in [6, 6.07) is 7.34. The lowest BCUT2D eigenvalue weighted by Gasteiger charge is -2.20. The van der Waals surface area contributed by atoms with Gasteiger partial charge in [0, 0.05) is 12.0 Å². The largest absolute Gasteiger partial charge is 0.458 e. The van der Waals surface area contributed by atoms with Crippen molar-refractivity contribution in [1.29, 1.82) is 0 Å². The molecule has 2 N–H and O–H groups in total. The highest BCUT2D eigenvalue weighted by Crippen LogP contribution is 2.30. The number of rotatable bonds is 5. The fourth-order valence-electron chi connectivity index (χ4n) is 2.08. The summed E-state index contributed by atoms with van der Waals surface area (Å²) >= 11 is 6.08. The van der Waals surface area contributed by atoms with Gasteiger partial charge >= 0.3 is 0 Å². The zero-order valence-electron chi connectivity index (χ0n) is 10.7. The molecule has 0 spiro atoms. The van der Waals surface area contributed by atoms with Crippen LogP contribution in [0.2, 0.25) is 5.02 Å². The van der Waals surface area contributed by atoms with E-state index in [1.54, 1.807) is 0 Å². The molecule has 18 heavy (non-hydrogen) atoms. The molecule has 0 saturated carbocycles. The van der Waals surface area contributed by atoms with Gasteiger partial charge in [-0.1, -0.05) is 30.7 Å². The summed E-state index contributed by atoms with van der Waals surface area (Å²) in [5.41, 5.74) is 6.88. The third-order valence-electron chi connectivity index (χ3n) is 3.03. The van der Waals surface area contributed by atoms with Gasteiger partial charge in [-0.15, -0.1) is 0 Å². The van der Waals surface area contributed by atoms with Crippen molar-refractivity contribution in [2.24, 2.45) is 5.73 Å². The lowest BCUT2D eigenvalue weighted by Crippen LogP contribution is -2.28. The Hall–Kier alpha value is -1.03. The zero-order valence-corrected chi connectivity index (χ0v) is 11.4. The molecule has 0 radical (unpaired) electrons. The van der Waals surface area contributed by atoms with Gasteiger partial charge in [-0.05, 0) is 25.5 Å². The molecule has 1 aromatic carbocycles. The van der Waals surface area contributed by atoms with Crippen LogP contribution in [-0.2, 0) is 4.74 Å². The second kappa shape index (κ2) is 5.74. The molecule has 1 heterocycles. The average molecular weight is 268 g/mol. The molecule has 0 bridgehead atoms. The predicted octanol–water partition coefficient (Wildman–Crippen LogP) is 3.90. The molecular formula is C14H18ClNO2. The highest BCUT2D eigenvalue weighted by molar-refractivity contribution is 6.34. The van der Waals surface area contributed by atoms with E-state index in [0.717, 1.165) is 17.6 Å². The van der Waals surface area contributed by atoms with Crippen LogP contribution in [0.5, 0.6) is 0 Å². The molecule has 3 nitrogen and oxygen atoms in total. The summed E-state index contributed by atoms with van der Waals surface area (Å²) < 4.78 is 11.4. The number of benzene rings is 1. The standard InChI is InChI=1S/C14H18ClNO2/c1-3-11(17-4-2)13(16)12-8-9-6-5-7-10(15)14(9)18-12/h5-8,11,13H,3-4,16H2,1-2H3. The molecule has 0 amide bonds. The third kappa shape index (κ3) is 2.53. The first-order valence-corrected chi connectivity index (χ1v) is 6.60. The van der Waals surface area contributed by atoms with E-state index in [0.29, 0.717) is 17.2 Å². The van der Waals surface area contributed by atoms with E-state index in [1.165, 1.54) is 0 Å². The van der Waals surface area contributed by atoms with Gasteiger partial charge in [-0.25, -0.2) is 0 Å². The van der Waals surface area contributed by atoms with Gasteiger partial charge in [0.2, 0.25) is 0 Å². The number of furan rings is 1. The molecular weight excluding hydrogens is 250 g/mol. The molecule has 4 heteroatoms. The molecule has 98 valence electrons. The van der Waals surface area contributed by atoms with Crippen molar-refractivity contribution in [3.05, 3.63) is 35.0 Å². The molecule has 0 fully saturated rings. The molecule has 0 aliphatic heterocycles. The lowest BCUT2D eigenvalue weighted by atomic mass is 10.1. The molecule has 0 saturated heterocycles. The quantitative estimate of drug-likeness (QED) is 0.894. The Morgan fingerprint density at radius 2 is 2.17 bits per heavy atom. The maximum absolute atomic E-state index is 6.19. The van der Waals surface area contributed by atoms with E-state index in [-0.39, 0.29) is 12.1 Å². The number of hydrogen-bond donors (Lipinski definition) is 1. The van der Waals surface area contributed by atoms with Gasteiger partial charge in [-0.2, -0.15) is 0 Å². The van der Waals surface area contributed by atoms with Crippen molar-refractivity contribution in [2.75, 3.05) is 6.61 Å². The summed E-state index contributed by atoms with van der Waals surface area (Å²) in [6.45, 7) is 4.66. The van der Waals surface area contributed by atoms with Crippen molar-refractivity contribution in [3.63, 3.8) is 0 Å². The van der Waals surface area contributed by atoms with Crippen LogP contribution in [0, 0.1) is 0 Å². The van der Waals surface area contributed by atoms with Crippen molar-refractivity contribution in [2.45, 2.75) is 32.4 Å². The monoisotopic (exact) mass is 267 g/mol. The summed E-state index contributed by atoms with van der Waals surface area (Å²) in [5.74, 6) is 0.721. The van der Waals surface area contributed by atoms with Crippen LogP contribution in [-0.4, -0.2) is 12.7 Å². The summed E-state index contributed by atoms with van der Waals surface area (Å²) in [5, 5.41) is 1.58. The molecule has 2 aromatic rings. The van der Waals surface area contributed by atoms with Gasteiger partial charge in [0.1, 0.15) is 5.76 Å². The SMILES string of the molecule is CCOC(CC)C(N)c1cc2cccc(Cl)c2o1. The van der Waals surface area contributed by atoms with Crippen LogP contribution in [0.15, 0.2) is 28.7 Å². The van der Waals surface area contributed by atoms with Crippen molar-refractivity contribution < 1.29 is 9.15 Å². The summed E-state index contributed by atoms with van der Waals surface area (Å²) in [4.78, 5) is 0. The van der Waals surface area contributed by atoms with Crippen LogP contribution < -0.4 is 5.73 Å². The molecule has 0 aliphatic carbocycles. The molecule has 2 rings (SSSR count). The van der Waals surface area contributed by atoms with Gasteiger partial charge in [0.15, 0.2) is 5.58 Å². The number of ether oxygens (including phenoxy) is 1. The minimum absolute atomic E-state index is 0.0330. The Morgan fingerprint density at radius 1 is 1.39 bits per heavy atom. The first-order valence-electron chi connectivity index (χ1n) is 6.22. The number of hydrogen-bond acceptors (Lipinski definition) is 3. The maximum Gasteiger partial charge on any atom is 0.152 e. The molecule has 2 atom stereocenters. The number of fused-ring (bicyclic) bond motifs is 1. The van der Waals surface area contributed by atoms with Gasteiger partial charge < -0.3 is 14.9 Å². The third-order valence-corrected chi connectivity index (χ3v) is 3.32. The normalized spacial score (nSPS) is 14.9. The van der Waals surface area contributed by atoms with Crippen LogP contribution in [0.1, 0.15) is 32.1 Å². The van der Waals surface area contributed by atoms with Crippen LogP contribution in [0.25, 0.3) is 11.0 Å². The van der Waals surface area contributed by atoms with Gasteiger partial charge in [0.05, 0.1) is 17.2 Å². The first-order chi connectivity index (χ1) is 8.67. The highest BCUT2D eigenvalue weighted by Gasteiger charge is 2.22. The van der Waals surface area contributed by atoms with E-state index in [9.17, 15) is 0 Å². The minimum Gasteiger partial charge on any atom is -0.458 e. The first kappa shape index (κ1) is 13.4. The molecule has 2 unspecified atom stereocenters. The van der Waals surface area contributed by atoms with Crippen molar-refractivity contribution in [1.82, 2.24) is 0 Å². The second-order valence-electron chi connectivity index (χ2n) is 4.23. The lowest BCUT2D eigenvalue weighted by molar-refractivity contribution is 0.0368. The topological polar surface area (TPSA) is 48.4 Å². The van der Waals surface area contributed by atoms with Crippen LogP contribution in [0.3, 0.4) is 0 Å². The summed E-state index contributed by atoms with van der Waals surface area (Å²) in [6.07, 6.45) is 0.814. The number of para-hydroxylation sites is 1. The Bertz CT molecular complexity index is 523. The van der Waals surface area contributed by atoms with Gasteiger partial charge in [0.25, 0.3) is 0 Å². The smallest absolute Gasteiger partial charge is 0.152 e. The van der Waals surface area contributed by atoms with E-state index < -0.39 is 0 Å². The summed E-state index contributed by atoms with van der Waals surface area (Å²) in [7, 11) is 0. The van der Waals surface area contributed by atoms with E-state index >= 15 is 0 Å². The van der Waals surface area contributed by atoms with Crippen LogP contribution >= 0.6 is 11.6 Å².